The average Bonchev–Trinajstić information content (AvgIpc) is 3.21. The number of hydrogen-bond donors (Lipinski definition) is 1. The highest BCUT2D eigenvalue weighted by Crippen LogP contribution is 2.64. The highest BCUT2D eigenvalue weighted by Gasteiger charge is 2.60. The molecule has 5 rings (SSSR count). The predicted octanol–water partition coefficient (Wildman–Crippen LogP) is 5.70. The summed E-state index contributed by atoms with van der Waals surface area (Å²) < 4.78 is 17.0. The summed E-state index contributed by atoms with van der Waals surface area (Å²) >= 11 is 0. The van der Waals surface area contributed by atoms with Crippen molar-refractivity contribution in [3.05, 3.63) is 0 Å². The summed E-state index contributed by atoms with van der Waals surface area (Å²) in [6, 6.07) is 0. The maximum atomic E-state index is 14.0. The summed E-state index contributed by atoms with van der Waals surface area (Å²) in [6.45, 7) is 12.7. The van der Waals surface area contributed by atoms with Gasteiger partial charge in [0.2, 0.25) is 6.10 Å². The number of esters is 3. The largest absolute Gasteiger partial charge is 0.481 e. The van der Waals surface area contributed by atoms with Gasteiger partial charge in [-0.2, -0.15) is 0 Å². The smallest absolute Gasteiger partial charge is 0.347 e. The molecule has 4 bridgehead atoms. The minimum Gasteiger partial charge on any atom is -0.481 e. The fourth-order valence-electron chi connectivity index (χ4n) is 8.63. The van der Waals surface area contributed by atoms with Gasteiger partial charge in [-0.1, -0.05) is 6.92 Å². The average molecular weight is 549 g/mol. The lowest BCUT2D eigenvalue weighted by Gasteiger charge is -2.61. The molecule has 0 aromatic heterocycles. The summed E-state index contributed by atoms with van der Waals surface area (Å²) in [5, 5.41) is 9.86. The Morgan fingerprint density at radius 3 is 1.87 bits per heavy atom. The fraction of sp³-hybridized carbons (Fsp3) is 0.871. The topological polar surface area (TPSA) is 116 Å². The van der Waals surface area contributed by atoms with Crippen molar-refractivity contribution in [2.75, 3.05) is 6.61 Å². The molecule has 0 radical (unpaired) electrons. The second-order valence-corrected chi connectivity index (χ2v) is 15.0. The van der Waals surface area contributed by atoms with Crippen molar-refractivity contribution >= 4 is 23.9 Å². The Balaban J connectivity index is 1.57. The molecule has 0 aromatic carbocycles. The van der Waals surface area contributed by atoms with Crippen LogP contribution < -0.4 is 0 Å². The number of hydrogen-bond acceptors (Lipinski definition) is 7. The number of carboxylic acids is 1. The first kappa shape index (κ1) is 29.9. The van der Waals surface area contributed by atoms with E-state index in [-0.39, 0.29) is 37.3 Å². The molecule has 0 aromatic rings. The van der Waals surface area contributed by atoms with Gasteiger partial charge in [0.15, 0.2) is 0 Å². The molecule has 4 saturated carbocycles. The monoisotopic (exact) mass is 548 g/mol. The summed E-state index contributed by atoms with van der Waals surface area (Å²) in [7, 11) is 0. The van der Waals surface area contributed by atoms with Crippen molar-refractivity contribution in [1.29, 1.82) is 0 Å². The third-order valence-electron chi connectivity index (χ3n) is 10.8. The Labute approximate surface area is 232 Å². The maximum absolute atomic E-state index is 14.0. The first-order valence-corrected chi connectivity index (χ1v) is 14.8. The van der Waals surface area contributed by atoms with Gasteiger partial charge in [-0.15, -0.1) is 0 Å². The number of carbonyl (C=O) groups is 4. The van der Waals surface area contributed by atoms with E-state index in [1.54, 1.807) is 27.7 Å². The lowest BCUT2D eigenvalue weighted by atomic mass is 9.46. The van der Waals surface area contributed by atoms with Gasteiger partial charge >= 0.3 is 23.9 Å². The zero-order valence-electron chi connectivity index (χ0n) is 24.9. The quantitative estimate of drug-likeness (QED) is 0.258. The molecule has 0 amide bonds. The lowest BCUT2D eigenvalue weighted by molar-refractivity contribution is -0.209. The summed E-state index contributed by atoms with van der Waals surface area (Å²) in [4.78, 5) is 51.8. The van der Waals surface area contributed by atoms with E-state index in [9.17, 15) is 24.3 Å². The Morgan fingerprint density at radius 2 is 1.44 bits per heavy atom. The van der Waals surface area contributed by atoms with Gasteiger partial charge in [0.05, 0.1) is 22.9 Å². The molecule has 3 atom stereocenters. The van der Waals surface area contributed by atoms with E-state index in [2.05, 4.69) is 13.8 Å². The molecule has 1 aliphatic heterocycles. The van der Waals surface area contributed by atoms with Gasteiger partial charge in [0.1, 0.15) is 5.60 Å². The first-order chi connectivity index (χ1) is 17.9. The molecule has 1 N–H and O–H groups in total. The van der Waals surface area contributed by atoms with Gasteiger partial charge in [-0.3, -0.25) is 14.4 Å². The van der Waals surface area contributed by atoms with Gasteiger partial charge in [0.25, 0.3) is 0 Å². The van der Waals surface area contributed by atoms with Crippen LogP contribution in [0.25, 0.3) is 0 Å². The second-order valence-electron chi connectivity index (χ2n) is 15.0. The van der Waals surface area contributed by atoms with Crippen molar-refractivity contribution in [1.82, 2.24) is 0 Å². The molecule has 5 fully saturated rings. The second kappa shape index (κ2) is 10.1. The normalized spacial score (nSPS) is 33.2. The van der Waals surface area contributed by atoms with E-state index < -0.39 is 45.9 Å². The number of cyclic esters (lactones) is 1. The van der Waals surface area contributed by atoms with Gasteiger partial charge in [0, 0.05) is 11.8 Å². The molecule has 39 heavy (non-hydrogen) atoms. The van der Waals surface area contributed by atoms with Crippen LogP contribution in [-0.2, 0) is 33.4 Å². The van der Waals surface area contributed by atoms with Crippen LogP contribution >= 0.6 is 0 Å². The van der Waals surface area contributed by atoms with Crippen LogP contribution in [0.2, 0.25) is 0 Å². The van der Waals surface area contributed by atoms with E-state index in [1.165, 1.54) is 19.3 Å². The van der Waals surface area contributed by atoms with Crippen LogP contribution in [0, 0.1) is 39.4 Å². The zero-order chi connectivity index (χ0) is 29.0. The maximum Gasteiger partial charge on any atom is 0.347 e. The fourth-order valence-corrected chi connectivity index (χ4v) is 8.63. The standard InChI is InChI=1S/C31H48O8/c1-8-29(6,26(36)39-28(4,5)31-14-19-11-20(15-31)13-21(12-19)16-31)18-30(7,17-27(2,3)24(33)34)25(35)38-22-9-10-37-23(22)32/h19-22H,8-18H2,1-7H3,(H,33,34). The van der Waals surface area contributed by atoms with Crippen molar-refractivity contribution in [2.45, 2.75) is 124 Å². The predicted molar refractivity (Wildman–Crippen MR) is 143 cm³/mol. The van der Waals surface area contributed by atoms with E-state index in [0.29, 0.717) is 24.2 Å². The highest BCUT2D eigenvalue weighted by molar-refractivity contribution is 5.85. The van der Waals surface area contributed by atoms with Gasteiger partial charge in [-0.05, 0) is 117 Å². The van der Waals surface area contributed by atoms with Crippen LogP contribution in [0.15, 0.2) is 0 Å². The summed E-state index contributed by atoms with van der Waals surface area (Å²) in [5.41, 5.74) is -4.34. The van der Waals surface area contributed by atoms with Crippen molar-refractivity contribution in [3.63, 3.8) is 0 Å². The molecule has 8 heteroatoms. The van der Waals surface area contributed by atoms with Gasteiger partial charge < -0.3 is 19.3 Å². The molecule has 5 aliphatic rings. The van der Waals surface area contributed by atoms with Crippen LogP contribution in [0.4, 0.5) is 0 Å². The SMILES string of the molecule is CCC(C)(CC(C)(CC(C)(C)C(=O)O)C(=O)OC1CCOC1=O)C(=O)OC(C)(C)C12CC3CC(CC(C3)C1)C2. The Kier molecular flexibility index (Phi) is 7.70. The zero-order valence-corrected chi connectivity index (χ0v) is 24.9. The first-order valence-electron chi connectivity index (χ1n) is 14.8. The molecular formula is C31H48O8. The van der Waals surface area contributed by atoms with E-state index in [1.807, 2.05) is 6.92 Å². The number of carboxylic acid groups (broad SMARTS) is 1. The van der Waals surface area contributed by atoms with Gasteiger partial charge in [-0.25, -0.2) is 4.79 Å². The number of rotatable bonds is 11. The molecule has 3 unspecified atom stereocenters. The van der Waals surface area contributed by atoms with Crippen LogP contribution in [0.3, 0.4) is 0 Å². The van der Waals surface area contributed by atoms with Crippen molar-refractivity contribution in [2.24, 2.45) is 39.4 Å². The highest BCUT2D eigenvalue weighted by atomic mass is 16.6. The van der Waals surface area contributed by atoms with Crippen LogP contribution in [0.5, 0.6) is 0 Å². The number of aliphatic carboxylic acids is 1. The summed E-state index contributed by atoms with van der Waals surface area (Å²) in [6.07, 6.45) is 6.81. The molecule has 220 valence electrons. The number of carbonyl (C=O) groups excluding carboxylic acids is 3. The molecule has 0 spiro atoms. The molecule has 1 saturated heterocycles. The Hall–Kier alpha value is -2.12. The van der Waals surface area contributed by atoms with Crippen molar-refractivity contribution in [3.8, 4) is 0 Å². The van der Waals surface area contributed by atoms with E-state index in [4.69, 9.17) is 14.2 Å². The van der Waals surface area contributed by atoms with E-state index >= 15 is 0 Å². The molecular weight excluding hydrogens is 500 g/mol. The Bertz CT molecular complexity index is 977. The third-order valence-corrected chi connectivity index (χ3v) is 10.8. The Morgan fingerprint density at radius 1 is 0.897 bits per heavy atom. The molecule has 4 aliphatic carbocycles. The summed E-state index contributed by atoms with van der Waals surface area (Å²) in [5.74, 6) is -0.559. The third kappa shape index (κ3) is 5.58. The minimum absolute atomic E-state index is 0.0254. The minimum atomic E-state index is -1.35. The molecule has 1 heterocycles. The number of ether oxygens (including phenoxy) is 3. The van der Waals surface area contributed by atoms with Crippen LogP contribution in [-0.4, -0.2) is 47.3 Å². The molecule has 8 nitrogen and oxygen atoms in total. The van der Waals surface area contributed by atoms with Crippen molar-refractivity contribution < 1.29 is 38.5 Å². The lowest BCUT2D eigenvalue weighted by Crippen LogP contribution is -2.58. The van der Waals surface area contributed by atoms with Crippen LogP contribution in [0.1, 0.15) is 113 Å². The van der Waals surface area contributed by atoms with E-state index in [0.717, 1.165) is 19.3 Å².